The fourth-order valence-corrected chi connectivity index (χ4v) is 3.08. The summed E-state index contributed by atoms with van der Waals surface area (Å²) < 4.78 is 22.5. The maximum atomic E-state index is 11.3. The Bertz CT molecular complexity index is 622. The molecule has 96 valence electrons. The molecule has 0 saturated carbocycles. The van der Waals surface area contributed by atoms with E-state index in [2.05, 4.69) is 5.32 Å². The van der Waals surface area contributed by atoms with Crippen LogP contribution in [0.1, 0.15) is 5.56 Å². The van der Waals surface area contributed by atoms with Gasteiger partial charge in [0.25, 0.3) is 5.69 Å². The molecule has 1 aliphatic rings. The van der Waals surface area contributed by atoms with Crippen molar-refractivity contribution < 1.29 is 13.3 Å². The van der Waals surface area contributed by atoms with Crippen molar-refractivity contribution in [3.8, 4) is 0 Å². The molecular formula is C11H12N2O4S. The van der Waals surface area contributed by atoms with Gasteiger partial charge in [-0.1, -0.05) is 12.1 Å². The van der Waals surface area contributed by atoms with Crippen LogP contribution in [0.5, 0.6) is 0 Å². The third kappa shape index (κ3) is 2.51. The van der Waals surface area contributed by atoms with E-state index in [4.69, 9.17) is 0 Å². The van der Waals surface area contributed by atoms with E-state index in [1.54, 1.807) is 25.1 Å². The SMILES string of the molecule is Cc1c(NC2C=CS(=O)(=O)C2)cccc1[N+](=O)[O-]. The quantitative estimate of drug-likeness (QED) is 0.664. The van der Waals surface area contributed by atoms with E-state index >= 15 is 0 Å². The summed E-state index contributed by atoms with van der Waals surface area (Å²) in [5, 5.41) is 14.9. The molecule has 6 nitrogen and oxygen atoms in total. The maximum absolute atomic E-state index is 11.3. The van der Waals surface area contributed by atoms with E-state index in [0.29, 0.717) is 11.3 Å². The maximum Gasteiger partial charge on any atom is 0.274 e. The summed E-state index contributed by atoms with van der Waals surface area (Å²) in [7, 11) is -3.13. The normalized spacial score (nSPS) is 20.8. The Labute approximate surface area is 104 Å². The molecule has 0 spiro atoms. The molecule has 1 unspecified atom stereocenters. The van der Waals surface area contributed by atoms with Gasteiger partial charge in [0.05, 0.1) is 16.7 Å². The summed E-state index contributed by atoms with van der Waals surface area (Å²) in [6.45, 7) is 1.63. The van der Waals surface area contributed by atoms with Crippen LogP contribution in [0.25, 0.3) is 0 Å². The zero-order chi connectivity index (χ0) is 13.3. The van der Waals surface area contributed by atoms with Crippen molar-refractivity contribution in [2.24, 2.45) is 0 Å². The number of nitrogens with zero attached hydrogens (tertiary/aromatic N) is 1. The fourth-order valence-electron chi connectivity index (χ4n) is 1.84. The van der Waals surface area contributed by atoms with Gasteiger partial charge in [0.15, 0.2) is 9.84 Å². The Morgan fingerprint density at radius 1 is 1.44 bits per heavy atom. The second kappa shape index (κ2) is 4.41. The Morgan fingerprint density at radius 2 is 2.17 bits per heavy atom. The molecule has 0 fully saturated rings. The molecule has 0 aromatic heterocycles. The molecular weight excluding hydrogens is 256 g/mol. The van der Waals surface area contributed by atoms with Gasteiger partial charge in [-0.15, -0.1) is 0 Å². The van der Waals surface area contributed by atoms with Crippen molar-refractivity contribution in [3.05, 3.63) is 45.4 Å². The van der Waals surface area contributed by atoms with Gasteiger partial charge < -0.3 is 5.32 Å². The molecule has 1 atom stereocenters. The van der Waals surface area contributed by atoms with E-state index in [1.165, 1.54) is 6.07 Å². The van der Waals surface area contributed by atoms with Crippen LogP contribution in [0.2, 0.25) is 0 Å². The molecule has 0 saturated heterocycles. The van der Waals surface area contributed by atoms with Gasteiger partial charge in [-0.05, 0) is 13.0 Å². The smallest absolute Gasteiger partial charge is 0.274 e. The highest BCUT2D eigenvalue weighted by Crippen LogP contribution is 2.26. The van der Waals surface area contributed by atoms with Gasteiger partial charge in [-0.2, -0.15) is 0 Å². The molecule has 0 aliphatic carbocycles. The van der Waals surface area contributed by atoms with E-state index in [0.717, 1.165) is 5.41 Å². The van der Waals surface area contributed by atoms with Crippen molar-refractivity contribution >= 4 is 21.2 Å². The highest BCUT2D eigenvalue weighted by Gasteiger charge is 2.23. The summed E-state index contributed by atoms with van der Waals surface area (Å²) in [6, 6.07) is 4.35. The van der Waals surface area contributed by atoms with E-state index in [1.807, 2.05) is 0 Å². The average Bonchev–Trinajstić information content (AvgIpc) is 2.61. The molecule has 1 aromatic rings. The predicted molar refractivity (Wildman–Crippen MR) is 68.2 cm³/mol. The number of hydrogen-bond acceptors (Lipinski definition) is 5. The third-order valence-corrected chi connectivity index (χ3v) is 4.17. The zero-order valence-corrected chi connectivity index (χ0v) is 10.5. The van der Waals surface area contributed by atoms with E-state index in [9.17, 15) is 18.5 Å². The standard InChI is InChI=1S/C11H12N2O4S/c1-8-10(3-2-4-11(8)13(14)15)12-9-5-6-18(16,17)7-9/h2-6,9,12H,7H2,1H3. The lowest BCUT2D eigenvalue weighted by Crippen LogP contribution is -2.21. The molecule has 1 heterocycles. The number of rotatable bonds is 3. The molecule has 1 N–H and O–H groups in total. The first-order valence-corrected chi connectivity index (χ1v) is 7.02. The summed E-state index contributed by atoms with van der Waals surface area (Å²) in [5.74, 6) is -0.0187. The van der Waals surface area contributed by atoms with Crippen LogP contribution in [-0.2, 0) is 9.84 Å². The summed E-state index contributed by atoms with van der Waals surface area (Å²) >= 11 is 0. The number of nitrogens with one attached hydrogen (secondary N) is 1. The minimum atomic E-state index is -3.13. The summed E-state index contributed by atoms with van der Waals surface area (Å²) in [4.78, 5) is 10.3. The van der Waals surface area contributed by atoms with Gasteiger partial charge in [0, 0.05) is 22.7 Å². The van der Waals surface area contributed by atoms with Crippen molar-refractivity contribution in [1.82, 2.24) is 0 Å². The second-order valence-electron chi connectivity index (χ2n) is 4.12. The van der Waals surface area contributed by atoms with Crippen molar-refractivity contribution in [3.63, 3.8) is 0 Å². The minimum Gasteiger partial charge on any atom is -0.377 e. The van der Waals surface area contributed by atoms with Crippen molar-refractivity contribution in [2.45, 2.75) is 13.0 Å². The lowest BCUT2D eigenvalue weighted by Gasteiger charge is -2.13. The van der Waals surface area contributed by atoms with Crippen LogP contribution < -0.4 is 5.32 Å². The zero-order valence-electron chi connectivity index (χ0n) is 9.66. The van der Waals surface area contributed by atoms with Crippen molar-refractivity contribution in [1.29, 1.82) is 0 Å². The van der Waals surface area contributed by atoms with Gasteiger partial charge in [0.1, 0.15) is 0 Å². The molecule has 2 rings (SSSR count). The molecule has 1 aromatic carbocycles. The van der Waals surface area contributed by atoms with Crippen LogP contribution in [0, 0.1) is 17.0 Å². The molecule has 0 radical (unpaired) electrons. The van der Waals surface area contributed by atoms with Gasteiger partial charge in [0.2, 0.25) is 0 Å². The largest absolute Gasteiger partial charge is 0.377 e. The number of sulfone groups is 1. The Hall–Kier alpha value is -1.89. The van der Waals surface area contributed by atoms with E-state index < -0.39 is 14.8 Å². The molecule has 0 bridgehead atoms. The summed E-state index contributed by atoms with van der Waals surface area (Å²) in [6.07, 6.45) is 1.55. The van der Waals surface area contributed by atoms with Gasteiger partial charge in [-0.3, -0.25) is 10.1 Å². The van der Waals surface area contributed by atoms with Gasteiger partial charge in [-0.25, -0.2) is 8.42 Å². The first-order chi connectivity index (χ1) is 8.39. The number of nitro benzene ring substituents is 1. The minimum absolute atomic E-state index is 0.0184. The molecule has 1 aliphatic heterocycles. The van der Waals surface area contributed by atoms with Crippen LogP contribution in [-0.4, -0.2) is 25.1 Å². The topological polar surface area (TPSA) is 89.3 Å². The number of nitro groups is 1. The molecule has 7 heteroatoms. The number of hydrogen-bond donors (Lipinski definition) is 1. The lowest BCUT2D eigenvalue weighted by molar-refractivity contribution is -0.385. The van der Waals surface area contributed by atoms with Crippen LogP contribution in [0.4, 0.5) is 11.4 Å². The fraction of sp³-hybridized carbons (Fsp3) is 0.273. The van der Waals surface area contributed by atoms with Crippen LogP contribution in [0.15, 0.2) is 29.7 Å². The van der Waals surface area contributed by atoms with Crippen LogP contribution >= 0.6 is 0 Å². The number of benzene rings is 1. The van der Waals surface area contributed by atoms with E-state index in [-0.39, 0.29) is 17.5 Å². The average molecular weight is 268 g/mol. The number of anilines is 1. The highest BCUT2D eigenvalue weighted by molar-refractivity contribution is 7.94. The highest BCUT2D eigenvalue weighted by atomic mass is 32.2. The monoisotopic (exact) mass is 268 g/mol. The Balaban J connectivity index is 2.24. The first-order valence-electron chi connectivity index (χ1n) is 5.30. The molecule has 18 heavy (non-hydrogen) atoms. The first kappa shape index (κ1) is 12.6. The lowest BCUT2D eigenvalue weighted by atomic mass is 10.1. The predicted octanol–water partition coefficient (Wildman–Crippen LogP) is 1.63. The molecule has 0 amide bonds. The van der Waals surface area contributed by atoms with Gasteiger partial charge >= 0.3 is 0 Å². The third-order valence-electron chi connectivity index (χ3n) is 2.77. The van der Waals surface area contributed by atoms with Crippen molar-refractivity contribution in [2.75, 3.05) is 11.1 Å². The Morgan fingerprint density at radius 3 is 2.72 bits per heavy atom. The second-order valence-corrected chi connectivity index (χ2v) is 6.05. The Kier molecular flexibility index (Phi) is 3.08. The summed E-state index contributed by atoms with van der Waals surface area (Å²) in [5.41, 5.74) is 1.10. The van der Waals surface area contributed by atoms with Crippen LogP contribution in [0.3, 0.4) is 0 Å².